The number of hydrogen-bond acceptors (Lipinski definition) is 3. The lowest BCUT2D eigenvalue weighted by atomic mass is 10.0. The van der Waals surface area contributed by atoms with Crippen molar-refractivity contribution in [3.8, 4) is 0 Å². The lowest BCUT2D eigenvalue weighted by molar-refractivity contribution is -0.137. The van der Waals surface area contributed by atoms with Gasteiger partial charge in [-0.1, -0.05) is 30.3 Å². The molecule has 2 fully saturated rings. The standard InChI is InChI=1S/C17H24N2O2/c1-13-15(9-11-21-13)18-16-8-5-10-19(17(16)20)12-14-6-3-2-4-7-14/h2-4,6-7,13,15-16,18H,5,8-12H2,1H3/t13-,15+,16-/m0/s1. The van der Waals surface area contributed by atoms with E-state index in [2.05, 4.69) is 24.4 Å². The number of nitrogens with one attached hydrogen (secondary N) is 1. The predicted octanol–water partition coefficient (Wildman–Crippen LogP) is 1.94. The molecule has 1 aromatic carbocycles. The van der Waals surface area contributed by atoms with E-state index in [0.29, 0.717) is 12.6 Å². The smallest absolute Gasteiger partial charge is 0.240 e. The number of carbonyl (C=O) groups excluding carboxylic acids is 1. The van der Waals surface area contributed by atoms with Crippen molar-refractivity contribution in [1.82, 2.24) is 10.2 Å². The minimum Gasteiger partial charge on any atom is -0.377 e. The van der Waals surface area contributed by atoms with E-state index in [0.717, 1.165) is 32.4 Å². The molecule has 1 amide bonds. The monoisotopic (exact) mass is 288 g/mol. The number of amides is 1. The molecule has 3 atom stereocenters. The van der Waals surface area contributed by atoms with Gasteiger partial charge in [-0.2, -0.15) is 0 Å². The topological polar surface area (TPSA) is 41.6 Å². The molecule has 3 rings (SSSR count). The van der Waals surface area contributed by atoms with Crippen LogP contribution in [0.25, 0.3) is 0 Å². The van der Waals surface area contributed by atoms with Crippen molar-refractivity contribution in [2.75, 3.05) is 13.2 Å². The van der Waals surface area contributed by atoms with Crippen LogP contribution in [-0.4, -0.2) is 42.1 Å². The van der Waals surface area contributed by atoms with Crippen LogP contribution >= 0.6 is 0 Å². The van der Waals surface area contributed by atoms with Crippen LogP contribution in [0, 0.1) is 0 Å². The number of piperidine rings is 1. The maximum Gasteiger partial charge on any atom is 0.240 e. The van der Waals surface area contributed by atoms with Crippen molar-refractivity contribution in [2.24, 2.45) is 0 Å². The molecule has 0 bridgehead atoms. The van der Waals surface area contributed by atoms with Gasteiger partial charge in [0.1, 0.15) is 0 Å². The molecule has 0 spiro atoms. The summed E-state index contributed by atoms with van der Waals surface area (Å²) < 4.78 is 5.58. The molecule has 1 aromatic rings. The third-order valence-corrected chi connectivity index (χ3v) is 4.54. The summed E-state index contributed by atoms with van der Waals surface area (Å²) in [7, 11) is 0. The molecule has 0 aromatic heterocycles. The molecule has 2 heterocycles. The molecule has 0 radical (unpaired) electrons. The Balaban J connectivity index is 1.60. The molecule has 0 aliphatic carbocycles. The fourth-order valence-electron chi connectivity index (χ4n) is 3.26. The van der Waals surface area contributed by atoms with Crippen LogP contribution < -0.4 is 5.32 Å². The molecule has 21 heavy (non-hydrogen) atoms. The van der Waals surface area contributed by atoms with Crippen LogP contribution in [0.15, 0.2) is 30.3 Å². The highest BCUT2D eigenvalue weighted by molar-refractivity contribution is 5.82. The third kappa shape index (κ3) is 3.44. The Morgan fingerprint density at radius 2 is 2.10 bits per heavy atom. The summed E-state index contributed by atoms with van der Waals surface area (Å²) in [4.78, 5) is 14.6. The van der Waals surface area contributed by atoms with Crippen LogP contribution in [0.5, 0.6) is 0 Å². The van der Waals surface area contributed by atoms with Gasteiger partial charge in [0.25, 0.3) is 0 Å². The molecule has 114 valence electrons. The fourth-order valence-corrected chi connectivity index (χ4v) is 3.26. The quantitative estimate of drug-likeness (QED) is 0.920. The number of carbonyl (C=O) groups is 1. The first-order valence-electron chi connectivity index (χ1n) is 7.94. The summed E-state index contributed by atoms with van der Waals surface area (Å²) in [6, 6.07) is 10.5. The van der Waals surface area contributed by atoms with Gasteiger partial charge in [0.2, 0.25) is 5.91 Å². The van der Waals surface area contributed by atoms with Gasteiger partial charge >= 0.3 is 0 Å². The normalized spacial score (nSPS) is 29.9. The van der Waals surface area contributed by atoms with Gasteiger partial charge in [0.15, 0.2) is 0 Å². The summed E-state index contributed by atoms with van der Waals surface area (Å²) in [5.41, 5.74) is 1.20. The van der Waals surface area contributed by atoms with Crippen molar-refractivity contribution in [3.05, 3.63) is 35.9 Å². The highest BCUT2D eigenvalue weighted by Crippen LogP contribution is 2.19. The fraction of sp³-hybridized carbons (Fsp3) is 0.588. The van der Waals surface area contributed by atoms with E-state index >= 15 is 0 Å². The lowest BCUT2D eigenvalue weighted by Crippen LogP contribution is -2.54. The number of hydrogen-bond donors (Lipinski definition) is 1. The van der Waals surface area contributed by atoms with Gasteiger partial charge < -0.3 is 15.0 Å². The zero-order valence-corrected chi connectivity index (χ0v) is 12.6. The Morgan fingerprint density at radius 1 is 1.29 bits per heavy atom. The largest absolute Gasteiger partial charge is 0.377 e. The van der Waals surface area contributed by atoms with E-state index in [-0.39, 0.29) is 18.1 Å². The molecule has 4 nitrogen and oxygen atoms in total. The zero-order valence-electron chi connectivity index (χ0n) is 12.6. The van der Waals surface area contributed by atoms with Gasteiger partial charge in [-0.3, -0.25) is 4.79 Å². The van der Waals surface area contributed by atoms with Crippen LogP contribution in [0.1, 0.15) is 31.7 Å². The molecule has 0 unspecified atom stereocenters. The van der Waals surface area contributed by atoms with Crippen molar-refractivity contribution in [3.63, 3.8) is 0 Å². The van der Waals surface area contributed by atoms with Crippen molar-refractivity contribution < 1.29 is 9.53 Å². The molecule has 2 aliphatic heterocycles. The maximum atomic E-state index is 12.6. The van der Waals surface area contributed by atoms with E-state index in [4.69, 9.17) is 4.74 Å². The van der Waals surface area contributed by atoms with E-state index in [1.165, 1.54) is 5.56 Å². The minimum absolute atomic E-state index is 0.0448. The summed E-state index contributed by atoms with van der Waals surface area (Å²) in [5.74, 6) is 0.240. The number of ether oxygens (including phenoxy) is 1. The molecule has 2 saturated heterocycles. The van der Waals surface area contributed by atoms with Crippen LogP contribution in [0.3, 0.4) is 0 Å². The van der Waals surface area contributed by atoms with Gasteiger partial charge in [-0.25, -0.2) is 0 Å². The molecule has 0 saturated carbocycles. The summed E-state index contributed by atoms with van der Waals surface area (Å²) >= 11 is 0. The Morgan fingerprint density at radius 3 is 2.81 bits per heavy atom. The number of likely N-dealkylation sites (tertiary alicyclic amines) is 1. The van der Waals surface area contributed by atoms with Gasteiger partial charge in [-0.05, 0) is 31.7 Å². The number of benzene rings is 1. The first-order chi connectivity index (χ1) is 10.2. The van der Waals surface area contributed by atoms with Gasteiger partial charge in [0, 0.05) is 25.7 Å². The summed E-state index contributed by atoms with van der Waals surface area (Å²) in [6.45, 7) is 4.46. The Labute approximate surface area is 126 Å². The Bertz CT molecular complexity index is 477. The van der Waals surface area contributed by atoms with E-state index in [1.54, 1.807) is 0 Å². The predicted molar refractivity (Wildman–Crippen MR) is 81.8 cm³/mol. The highest BCUT2D eigenvalue weighted by Gasteiger charge is 2.33. The van der Waals surface area contributed by atoms with Crippen LogP contribution in [-0.2, 0) is 16.1 Å². The van der Waals surface area contributed by atoms with Gasteiger partial charge in [0.05, 0.1) is 12.1 Å². The average Bonchev–Trinajstić information content (AvgIpc) is 2.90. The van der Waals surface area contributed by atoms with E-state index in [1.807, 2.05) is 23.1 Å². The third-order valence-electron chi connectivity index (χ3n) is 4.54. The molecule has 4 heteroatoms. The molecule has 2 aliphatic rings. The zero-order chi connectivity index (χ0) is 14.7. The van der Waals surface area contributed by atoms with Crippen molar-refractivity contribution in [2.45, 2.75) is 50.9 Å². The Kier molecular flexibility index (Phi) is 4.56. The van der Waals surface area contributed by atoms with Crippen LogP contribution in [0.4, 0.5) is 0 Å². The first-order valence-corrected chi connectivity index (χ1v) is 7.94. The first kappa shape index (κ1) is 14.5. The lowest BCUT2D eigenvalue weighted by Gasteiger charge is -2.34. The van der Waals surface area contributed by atoms with Crippen molar-refractivity contribution in [1.29, 1.82) is 0 Å². The maximum absolute atomic E-state index is 12.6. The number of rotatable bonds is 4. The minimum atomic E-state index is -0.0448. The molecular formula is C17H24N2O2. The second-order valence-electron chi connectivity index (χ2n) is 6.08. The van der Waals surface area contributed by atoms with Gasteiger partial charge in [-0.15, -0.1) is 0 Å². The second kappa shape index (κ2) is 6.58. The van der Waals surface area contributed by atoms with E-state index < -0.39 is 0 Å². The Hall–Kier alpha value is -1.39. The average molecular weight is 288 g/mol. The molecular weight excluding hydrogens is 264 g/mol. The summed E-state index contributed by atoms with van der Waals surface area (Å²) in [5, 5.41) is 3.52. The number of nitrogens with zero attached hydrogens (tertiary/aromatic N) is 1. The molecule has 1 N–H and O–H groups in total. The van der Waals surface area contributed by atoms with Crippen molar-refractivity contribution >= 4 is 5.91 Å². The van der Waals surface area contributed by atoms with E-state index in [9.17, 15) is 4.79 Å². The summed E-state index contributed by atoms with van der Waals surface area (Å²) in [6.07, 6.45) is 3.22. The highest BCUT2D eigenvalue weighted by atomic mass is 16.5. The SMILES string of the molecule is C[C@@H]1OCC[C@H]1N[C@H]1CCCN(Cc2ccccc2)C1=O. The second-order valence-corrected chi connectivity index (χ2v) is 6.08. The van der Waals surface area contributed by atoms with Crippen LogP contribution in [0.2, 0.25) is 0 Å².